The van der Waals surface area contributed by atoms with Gasteiger partial charge in [-0.2, -0.15) is 0 Å². The lowest BCUT2D eigenvalue weighted by atomic mass is 9.56. The molecule has 0 unspecified atom stereocenters. The highest BCUT2D eigenvalue weighted by atomic mass is 16.5. The number of aliphatic hydroxyl groups is 1. The number of hydrogen-bond donors (Lipinski definition) is 1. The Morgan fingerprint density at radius 1 is 1.44 bits per heavy atom. The number of fused-ring (bicyclic) bond motifs is 2. The SMILES string of the molecule is COC1=CC(=O)C[C@]12C=CC[C@@H]1CCCC[C@]12O. The molecule has 3 heteroatoms. The van der Waals surface area contributed by atoms with E-state index in [1.54, 1.807) is 13.2 Å². The molecule has 0 aliphatic heterocycles. The molecule has 0 aromatic carbocycles. The predicted octanol–water partition coefficient (Wildman–Crippen LogP) is 2.36. The summed E-state index contributed by atoms with van der Waals surface area (Å²) in [5, 5.41) is 11.2. The summed E-state index contributed by atoms with van der Waals surface area (Å²) in [7, 11) is 1.59. The van der Waals surface area contributed by atoms with E-state index in [4.69, 9.17) is 4.74 Å². The van der Waals surface area contributed by atoms with Gasteiger partial charge in [0, 0.05) is 12.5 Å². The minimum Gasteiger partial charge on any atom is -0.500 e. The van der Waals surface area contributed by atoms with Crippen LogP contribution in [-0.2, 0) is 9.53 Å². The van der Waals surface area contributed by atoms with Gasteiger partial charge in [-0.05, 0) is 25.2 Å². The molecule has 1 saturated carbocycles. The molecule has 0 bridgehead atoms. The lowest BCUT2D eigenvalue weighted by Crippen LogP contribution is -2.56. The average Bonchev–Trinajstić information content (AvgIpc) is 2.68. The number of ether oxygens (including phenoxy) is 1. The number of carbonyl (C=O) groups is 1. The average molecular weight is 248 g/mol. The first-order chi connectivity index (χ1) is 8.62. The van der Waals surface area contributed by atoms with E-state index in [1.165, 1.54) is 6.42 Å². The number of allylic oxidation sites excluding steroid dienone is 2. The largest absolute Gasteiger partial charge is 0.500 e. The third-order valence-electron chi connectivity index (χ3n) is 5.04. The van der Waals surface area contributed by atoms with E-state index < -0.39 is 11.0 Å². The summed E-state index contributed by atoms with van der Waals surface area (Å²) in [6.07, 6.45) is 11.0. The minimum absolute atomic E-state index is 0.0659. The fourth-order valence-electron chi connectivity index (χ4n) is 4.14. The Balaban J connectivity index is 2.09. The molecule has 0 amide bonds. The van der Waals surface area contributed by atoms with Crippen LogP contribution in [0, 0.1) is 11.3 Å². The summed E-state index contributed by atoms with van der Waals surface area (Å²) in [6.45, 7) is 0. The number of hydrogen-bond acceptors (Lipinski definition) is 3. The molecule has 3 atom stereocenters. The van der Waals surface area contributed by atoms with Crippen molar-refractivity contribution >= 4 is 5.78 Å². The fraction of sp³-hybridized carbons (Fsp3) is 0.667. The van der Waals surface area contributed by atoms with Crippen molar-refractivity contribution in [3.8, 4) is 0 Å². The number of carbonyl (C=O) groups excluding carboxylic acids is 1. The molecule has 1 spiro atoms. The maximum absolute atomic E-state index is 11.8. The van der Waals surface area contributed by atoms with Gasteiger partial charge in [0.1, 0.15) is 5.76 Å². The Labute approximate surface area is 108 Å². The summed E-state index contributed by atoms with van der Waals surface area (Å²) in [6, 6.07) is 0. The van der Waals surface area contributed by atoms with E-state index >= 15 is 0 Å². The van der Waals surface area contributed by atoms with Gasteiger partial charge in [-0.15, -0.1) is 0 Å². The molecule has 18 heavy (non-hydrogen) atoms. The maximum Gasteiger partial charge on any atom is 0.160 e. The van der Waals surface area contributed by atoms with Gasteiger partial charge in [-0.25, -0.2) is 0 Å². The second-order valence-electron chi connectivity index (χ2n) is 5.83. The molecule has 1 N–H and O–H groups in total. The van der Waals surface area contributed by atoms with Crippen molar-refractivity contribution in [2.45, 2.75) is 44.1 Å². The lowest BCUT2D eigenvalue weighted by molar-refractivity contribution is -0.138. The van der Waals surface area contributed by atoms with Crippen molar-refractivity contribution < 1.29 is 14.6 Å². The van der Waals surface area contributed by atoms with E-state index in [2.05, 4.69) is 6.08 Å². The van der Waals surface area contributed by atoms with E-state index in [0.29, 0.717) is 12.2 Å². The quantitative estimate of drug-likeness (QED) is 0.725. The number of ketones is 1. The molecule has 3 aliphatic carbocycles. The van der Waals surface area contributed by atoms with Gasteiger partial charge in [-0.1, -0.05) is 25.0 Å². The van der Waals surface area contributed by atoms with Crippen LogP contribution < -0.4 is 0 Å². The van der Waals surface area contributed by atoms with E-state index in [-0.39, 0.29) is 11.7 Å². The third-order valence-corrected chi connectivity index (χ3v) is 5.04. The van der Waals surface area contributed by atoms with Crippen molar-refractivity contribution in [3.05, 3.63) is 24.0 Å². The van der Waals surface area contributed by atoms with Crippen molar-refractivity contribution in [2.75, 3.05) is 7.11 Å². The summed E-state index contributed by atoms with van der Waals surface area (Å²) >= 11 is 0. The van der Waals surface area contributed by atoms with Gasteiger partial charge in [0.15, 0.2) is 5.78 Å². The Morgan fingerprint density at radius 3 is 3.06 bits per heavy atom. The molecule has 0 radical (unpaired) electrons. The molecule has 0 heterocycles. The Hall–Kier alpha value is -1.09. The Morgan fingerprint density at radius 2 is 2.28 bits per heavy atom. The predicted molar refractivity (Wildman–Crippen MR) is 67.8 cm³/mol. The molecule has 1 fully saturated rings. The molecule has 98 valence electrons. The second kappa shape index (κ2) is 3.95. The van der Waals surface area contributed by atoms with Crippen LogP contribution >= 0.6 is 0 Å². The molecule has 0 aromatic rings. The van der Waals surface area contributed by atoms with Gasteiger partial charge >= 0.3 is 0 Å². The number of methoxy groups -OCH3 is 1. The van der Waals surface area contributed by atoms with Crippen LogP contribution in [0.2, 0.25) is 0 Å². The topological polar surface area (TPSA) is 46.5 Å². The van der Waals surface area contributed by atoms with Crippen LogP contribution in [0.15, 0.2) is 24.0 Å². The summed E-state index contributed by atoms with van der Waals surface area (Å²) in [4.78, 5) is 11.8. The Bertz CT molecular complexity index is 437. The number of rotatable bonds is 1. The summed E-state index contributed by atoms with van der Waals surface area (Å²) < 4.78 is 5.42. The molecular weight excluding hydrogens is 228 g/mol. The second-order valence-corrected chi connectivity index (χ2v) is 5.83. The van der Waals surface area contributed by atoms with Gasteiger partial charge < -0.3 is 9.84 Å². The van der Waals surface area contributed by atoms with Gasteiger partial charge in [-0.3, -0.25) is 4.79 Å². The highest BCUT2D eigenvalue weighted by Gasteiger charge is 2.60. The third kappa shape index (κ3) is 1.37. The zero-order valence-corrected chi connectivity index (χ0v) is 10.8. The lowest BCUT2D eigenvalue weighted by Gasteiger charge is -2.52. The minimum atomic E-state index is -0.798. The monoisotopic (exact) mass is 248 g/mol. The van der Waals surface area contributed by atoms with Crippen LogP contribution in [0.25, 0.3) is 0 Å². The van der Waals surface area contributed by atoms with Gasteiger partial charge in [0.2, 0.25) is 0 Å². The highest BCUT2D eigenvalue weighted by molar-refractivity contribution is 5.94. The first kappa shape index (κ1) is 12.0. The van der Waals surface area contributed by atoms with Crippen LogP contribution in [0.3, 0.4) is 0 Å². The van der Waals surface area contributed by atoms with Crippen molar-refractivity contribution in [1.29, 1.82) is 0 Å². The van der Waals surface area contributed by atoms with Crippen molar-refractivity contribution in [1.82, 2.24) is 0 Å². The van der Waals surface area contributed by atoms with E-state index in [9.17, 15) is 9.90 Å². The smallest absolute Gasteiger partial charge is 0.160 e. The summed E-state index contributed by atoms with van der Waals surface area (Å²) in [5.74, 6) is 0.981. The molecule has 3 nitrogen and oxygen atoms in total. The molecule has 0 aromatic heterocycles. The molecule has 0 saturated heterocycles. The zero-order valence-electron chi connectivity index (χ0n) is 10.8. The normalized spacial score (nSPS) is 42.9. The Kier molecular flexibility index (Phi) is 2.63. The maximum atomic E-state index is 11.8. The molecule has 3 rings (SSSR count). The molecular formula is C15H20O3. The van der Waals surface area contributed by atoms with E-state index in [0.717, 1.165) is 25.7 Å². The summed E-state index contributed by atoms with van der Waals surface area (Å²) in [5.41, 5.74) is -1.39. The fourth-order valence-corrected chi connectivity index (χ4v) is 4.14. The van der Waals surface area contributed by atoms with Crippen molar-refractivity contribution in [3.63, 3.8) is 0 Å². The zero-order chi connectivity index (χ0) is 12.8. The van der Waals surface area contributed by atoms with Crippen LogP contribution in [0.5, 0.6) is 0 Å². The van der Waals surface area contributed by atoms with Crippen LogP contribution in [-0.4, -0.2) is 23.6 Å². The first-order valence-electron chi connectivity index (χ1n) is 6.81. The van der Waals surface area contributed by atoms with Crippen LogP contribution in [0.4, 0.5) is 0 Å². The van der Waals surface area contributed by atoms with Gasteiger partial charge in [0.05, 0.1) is 18.1 Å². The standard InChI is InChI=1S/C15H20O3/c1-18-13-9-12(16)10-14(13)7-4-6-11-5-2-3-8-15(11,14)17/h4,7,9,11,17H,2-3,5-6,8,10H2,1H3/t11-,14+,15-/m0/s1. The van der Waals surface area contributed by atoms with Crippen molar-refractivity contribution in [2.24, 2.45) is 11.3 Å². The van der Waals surface area contributed by atoms with Crippen LogP contribution in [0.1, 0.15) is 38.5 Å². The first-order valence-corrected chi connectivity index (χ1v) is 6.81. The highest BCUT2D eigenvalue weighted by Crippen LogP contribution is 2.58. The molecule has 3 aliphatic rings. The van der Waals surface area contributed by atoms with E-state index in [1.807, 2.05) is 6.08 Å². The van der Waals surface area contributed by atoms with Gasteiger partial charge in [0.25, 0.3) is 0 Å².